The van der Waals surface area contributed by atoms with Crippen LogP contribution in [0.2, 0.25) is 18.1 Å². The van der Waals surface area contributed by atoms with Crippen molar-refractivity contribution in [3.8, 4) is 0 Å². The molecule has 2 aromatic rings. The van der Waals surface area contributed by atoms with Gasteiger partial charge in [-0.25, -0.2) is 14.5 Å². The fraction of sp³-hybridized carbons (Fsp3) is 0.550. The first-order valence-corrected chi connectivity index (χ1v) is 12.4. The summed E-state index contributed by atoms with van der Waals surface area (Å²) in [6.07, 6.45) is 0.598. The highest BCUT2D eigenvalue weighted by atomic mass is 28.4. The number of carbonyl (C=O) groups is 1. The van der Waals surface area contributed by atoms with Gasteiger partial charge in [0.05, 0.1) is 12.6 Å². The summed E-state index contributed by atoms with van der Waals surface area (Å²) in [6.45, 7) is 13.2. The molecule has 1 aromatic carbocycles. The van der Waals surface area contributed by atoms with Crippen molar-refractivity contribution >= 4 is 14.3 Å². The Kier molecular flexibility index (Phi) is 5.27. The predicted octanol–water partition coefficient (Wildman–Crippen LogP) is 4.51. The first-order chi connectivity index (χ1) is 12.6. The van der Waals surface area contributed by atoms with Gasteiger partial charge in [-0.05, 0) is 30.6 Å². The minimum absolute atomic E-state index is 0.00615. The van der Waals surface area contributed by atoms with Gasteiger partial charge in [-0.3, -0.25) is 0 Å². The average Bonchev–Trinajstić information content (AvgIpc) is 3.15. The predicted molar refractivity (Wildman–Crippen MR) is 106 cm³/mol. The van der Waals surface area contributed by atoms with Crippen molar-refractivity contribution < 1.29 is 14.0 Å². The van der Waals surface area contributed by atoms with Crippen LogP contribution in [0.5, 0.6) is 0 Å². The van der Waals surface area contributed by atoms with E-state index in [0.717, 1.165) is 17.8 Å². The zero-order valence-corrected chi connectivity index (χ0v) is 18.0. The van der Waals surface area contributed by atoms with E-state index >= 15 is 0 Å². The summed E-state index contributed by atoms with van der Waals surface area (Å²) in [5, 5.41) is 4.57. The van der Waals surface area contributed by atoms with E-state index in [0.29, 0.717) is 6.61 Å². The second-order valence-electron chi connectivity index (χ2n) is 8.49. The molecule has 0 spiro atoms. The lowest BCUT2D eigenvalue weighted by Gasteiger charge is -2.38. The Balaban J connectivity index is 1.98. The molecule has 0 radical (unpaired) electrons. The first kappa shape index (κ1) is 19.8. The van der Waals surface area contributed by atoms with Gasteiger partial charge < -0.3 is 9.16 Å². The van der Waals surface area contributed by atoms with Crippen LogP contribution in [0.4, 0.5) is 0 Å². The minimum Gasteiger partial charge on any atom is -0.460 e. The number of fused-ring (bicyclic) bond motifs is 1. The van der Waals surface area contributed by atoms with Gasteiger partial charge in [0.2, 0.25) is 0 Å². The number of nitrogens with zero attached hydrogens (tertiary/aromatic N) is 3. The normalized spacial score (nSPS) is 19.8. The third kappa shape index (κ3) is 3.84. The van der Waals surface area contributed by atoms with Crippen LogP contribution in [-0.4, -0.2) is 35.7 Å². The first-order valence-electron chi connectivity index (χ1n) is 9.50. The number of benzene rings is 1. The summed E-state index contributed by atoms with van der Waals surface area (Å²) in [4.78, 5) is 16.7. The van der Waals surface area contributed by atoms with Gasteiger partial charge in [0.1, 0.15) is 6.10 Å². The maximum atomic E-state index is 12.2. The fourth-order valence-electron chi connectivity index (χ4n) is 3.06. The van der Waals surface area contributed by atoms with E-state index in [2.05, 4.69) is 56.1 Å². The zero-order valence-electron chi connectivity index (χ0n) is 17.0. The Morgan fingerprint density at radius 1 is 1.26 bits per heavy atom. The maximum Gasteiger partial charge on any atom is 0.378 e. The summed E-state index contributed by atoms with van der Waals surface area (Å²) in [6, 6.07) is 10.2. The van der Waals surface area contributed by atoms with Crippen LogP contribution in [0, 0.1) is 0 Å². The van der Waals surface area contributed by atoms with E-state index in [-0.39, 0.29) is 23.0 Å². The summed E-state index contributed by atoms with van der Waals surface area (Å²) in [5.74, 6) is 0.338. The van der Waals surface area contributed by atoms with Crippen molar-refractivity contribution in [2.75, 3.05) is 6.61 Å². The highest BCUT2D eigenvalue weighted by molar-refractivity contribution is 6.74. The maximum absolute atomic E-state index is 12.2. The molecular formula is C20H29N3O3Si. The topological polar surface area (TPSA) is 66.2 Å². The molecule has 146 valence electrons. The lowest BCUT2D eigenvalue weighted by atomic mass is 10.0. The number of ether oxygens (including phenoxy) is 1. The molecule has 27 heavy (non-hydrogen) atoms. The van der Waals surface area contributed by atoms with Crippen molar-refractivity contribution in [3.05, 3.63) is 47.5 Å². The van der Waals surface area contributed by atoms with Gasteiger partial charge in [-0.2, -0.15) is 0 Å². The van der Waals surface area contributed by atoms with Crippen LogP contribution in [0.25, 0.3) is 0 Å². The molecule has 0 aliphatic carbocycles. The second kappa shape index (κ2) is 7.20. The lowest BCUT2D eigenvalue weighted by Crippen LogP contribution is -2.41. The van der Waals surface area contributed by atoms with E-state index in [4.69, 9.17) is 9.16 Å². The standard InChI is InChI=1S/C20H29N3O3Si/c1-7-25-19(24)17-21-18-16(26-27(5,6)20(2,3)4)13-15(23(18)22-17)14-11-9-8-10-12-14/h8-12,15-16H,7,13H2,1-6H3/t15?,16-/m0/s1. The van der Waals surface area contributed by atoms with E-state index in [1.165, 1.54) is 0 Å². The molecule has 2 atom stereocenters. The van der Waals surface area contributed by atoms with Crippen LogP contribution in [0.15, 0.2) is 30.3 Å². The van der Waals surface area contributed by atoms with Gasteiger partial charge in [0.15, 0.2) is 14.1 Å². The highest BCUT2D eigenvalue weighted by Gasteiger charge is 2.44. The van der Waals surface area contributed by atoms with Gasteiger partial charge in [-0.15, -0.1) is 5.10 Å². The molecular weight excluding hydrogens is 358 g/mol. The summed E-state index contributed by atoms with van der Waals surface area (Å²) < 4.78 is 13.6. The molecule has 0 saturated heterocycles. The van der Waals surface area contributed by atoms with Crippen LogP contribution in [0.1, 0.15) is 68.3 Å². The summed E-state index contributed by atoms with van der Waals surface area (Å²) >= 11 is 0. The second-order valence-corrected chi connectivity index (χ2v) is 13.2. The van der Waals surface area contributed by atoms with Crippen LogP contribution >= 0.6 is 0 Å². The van der Waals surface area contributed by atoms with E-state index < -0.39 is 14.3 Å². The number of esters is 1. The number of carbonyl (C=O) groups excluding carboxylic acids is 1. The van der Waals surface area contributed by atoms with Crippen molar-refractivity contribution in [1.82, 2.24) is 14.8 Å². The highest BCUT2D eigenvalue weighted by Crippen LogP contribution is 2.45. The van der Waals surface area contributed by atoms with Crippen molar-refractivity contribution in [2.24, 2.45) is 0 Å². The Morgan fingerprint density at radius 2 is 1.93 bits per heavy atom. The van der Waals surface area contributed by atoms with Gasteiger partial charge in [0, 0.05) is 6.42 Å². The van der Waals surface area contributed by atoms with Crippen molar-refractivity contribution in [1.29, 1.82) is 0 Å². The number of aromatic nitrogens is 3. The van der Waals surface area contributed by atoms with E-state index in [9.17, 15) is 4.79 Å². The molecule has 0 amide bonds. The van der Waals surface area contributed by atoms with Gasteiger partial charge >= 0.3 is 5.97 Å². The van der Waals surface area contributed by atoms with Crippen molar-refractivity contribution in [2.45, 2.75) is 64.4 Å². The quantitative estimate of drug-likeness (QED) is 0.558. The molecule has 3 rings (SSSR count). The average molecular weight is 388 g/mol. The third-order valence-corrected chi connectivity index (χ3v) is 10.0. The number of hydrogen-bond donors (Lipinski definition) is 0. The summed E-state index contributed by atoms with van der Waals surface area (Å²) in [7, 11) is -2.00. The van der Waals surface area contributed by atoms with Gasteiger partial charge in [0.25, 0.3) is 5.82 Å². The monoisotopic (exact) mass is 387 g/mol. The minimum atomic E-state index is -2.00. The Labute approximate surface area is 162 Å². The molecule has 0 bridgehead atoms. The van der Waals surface area contributed by atoms with E-state index in [1.807, 2.05) is 22.9 Å². The van der Waals surface area contributed by atoms with Gasteiger partial charge in [-0.1, -0.05) is 51.1 Å². The summed E-state index contributed by atoms with van der Waals surface area (Å²) in [5.41, 5.74) is 1.14. The Morgan fingerprint density at radius 3 is 2.52 bits per heavy atom. The lowest BCUT2D eigenvalue weighted by molar-refractivity contribution is 0.0510. The molecule has 1 unspecified atom stereocenters. The molecule has 1 aromatic heterocycles. The molecule has 0 saturated carbocycles. The van der Waals surface area contributed by atoms with Crippen LogP contribution in [0.3, 0.4) is 0 Å². The molecule has 6 nitrogen and oxygen atoms in total. The fourth-order valence-corrected chi connectivity index (χ4v) is 4.33. The Hall–Kier alpha value is -1.99. The zero-order chi connectivity index (χ0) is 19.8. The number of rotatable bonds is 5. The van der Waals surface area contributed by atoms with E-state index in [1.54, 1.807) is 6.92 Å². The van der Waals surface area contributed by atoms with Crippen molar-refractivity contribution in [3.63, 3.8) is 0 Å². The third-order valence-electron chi connectivity index (χ3n) is 5.56. The smallest absolute Gasteiger partial charge is 0.378 e. The molecule has 7 heteroatoms. The Bertz CT molecular complexity index is 812. The van der Waals surface area contributed by atoms with Crippen LogP contribution < -0.4 is 0 Å². The molecule has 0 N–H and O–H groups in total. The van der Waals surface area contributed by atoms with Crippen LogP contribution in [-0.2, 0) is 9.16 Å². The molecule has 2 heterocycles. The SMILES string of the molecule is CCOC(=O)c1nc2n(n1)C(c1ccccc1)C[C@@H]2O[Si](C)(C)C(C)(C)C. The number of hydrogen-bond acceptors (Lipinski definition) is 5. The molecule has 0 fully saturated rings. The largest absolute Gasteiger partial charge is 0.460 e. The molecule has 1 aliphatic rings. The molecule has 1 aliphatic heterocycles.